The lowest BCUT2D eigenvalue weighted by atomic mass is 10.0. The summed E-state index contributed by atoms with van der Waals surface area (Å²) >= 11 is 6.35. The average molecular weight is 256 g/mol. The number of likely N-dealkylation sites (N-methyl/N-ethyl adjacent to an activating group) is 1. The number of halogens is 1. The normalized spacial score (nSPS) is 15.8. The molecule has 1 aliphatic rings. The van der Waals surface area contributed by atoms with Crippen LogP contribution in [-0.2, 0) is 12.8 Å². The van der Waals surface area contributed by atoms with E-state index in [1.807, 2.05) is 13.1 Å². The van der Waals surface area contributed by atoms with Crippen molar-refractivity contribution in [1.29, 1.82) is 0 Å². The molecule has 3 nitrogen and oxygen atoms in total. The Morgan fingerprint density at radius 1 is 1.53 bits per heavy atom. The first-order chi connectivity index (χ1) is 8.19. The molecule has 2 N–H and O–H groups in total. The van der Waals surface area contributed by atoms with Crippen LogP contribution in [0.2, 0.25) is 5.02 Å². The van der Waals surface area contributed by atoms with Gasteiger partial charge in [0.05, 0.1) is 18.2 Å². The van der Waals surface area contributed by atoms with Crippen molar-refractivity contribution in [1.82, 2.24) is 5.32 Å². The summed E-state index contributed by atoms with van der Waals surface area (Å²) in [6.45, 7) is 0.492. The fraction of sp³-hybridized carbons (Fsp3) is 0.538. The maximum absolute atomic E-state index is 10.1. The lowest BCUT2D eigenvalue weighted by Crippen LogP contribution is -2.17. The van der Waals surface area contributed by atoms with Crippen molar-refractivity contribution in [3.8, 4) is 5.75 Å². The molecule has 0 fully saturated rings. The van der Waals surface area contributed by atoms with E-state index in [0.717, 1.165) is 24.8 Å². The molecule has 0 heterocycles. The topological polar surface area (TPSA) is 41.5 Å². The number of aryl methyl sites for hydroxylation is 1. The Kier molecular flexibility index (Phi) is 3.92. The molecule has 0 bridgehead atoms. The average Bonchev–Trinajstić information content (AvgIpc) is 2.77. The largest absolute Gasteiger partial charge is 0.495 e. The Morgan fingerprint density at radius 3 is 2.94 bits per heavy atom. The third kappa shape index (κ3) is 2.28. The number of fused-ring (bicyclic) bond motifs is 1. The molecule has 1 aromatic rings. The van der Waals surface area contributed by atoms with Crippen molar-refractivity contribution in [2.24, 2.45) is 0 Å². The van der Waals surface area contributed by atoms with Crippen LogP contribution < -0.4 is 10.1 Å². The number of hydrogen-bond acceptors (Lipinski definition) is 3. The van der Waals surface area contributed by atoms with Gasteiger partial charge in [-0.25, -0.2) is 0 Å². The van der Waals surface area contributed by atoms with E-state index in [1.54, 1.807) is 7.11 Å². The number of ether oxygens (including phenoxy) is 1. The maximum atomic E-state index is 10.1. The summed E-state index contributed by atoms with van der Waals surface area (Å²) in [4.78, 5) is 0. The molecule has 0 saturated heterocycles. The molecule has 4 heteroatoms. The van der Waals surface area contributed by atoms with Gasteiger partial charge >= 0.3 is 0 Å². The van der Waals surface area contributed by atoms with Crippen LogP contribution >= 0.6 is 11.6 Å². The Bertz CT molecular complexity index is 420. The molecule has 0 aliphatic heterocycles. The smallest absolute Gasteiger partial charge is 0.143 e. The number of benzene rings is 1. The van der Waals surface area contributed by atoms with E-state index in [-0.39, 0.29) is 0 Å². The van der Waals surface area contributed by atoms with Crippen LogP contribution in [0.5, 0.6) is 5.75 Å². The number of nitrogens with one attached hydrogen (secondary N) is 1. The van der Waals surface area contributed by atoms with Gasteiger partial charge in [0, 0.05) is 12.1 Å². The summed E-state index contributed by atoms with van der Waals surface area (Å²) in [5.74, 6) is 0.620. The first-order valence-corrected chi connectivity index (χ1v) is 6.27. The third-order valence-electron chi connectivity index (χ3n) is 3.28. The van der Waals surface area contributed by atoms with E-state index in [4.69, 9.17) is 16.3 Å². The van der Waals surface area contributed by atoms with Crippen molar-refractivity contribution in [2.45, 2.75) is 25.4 Å². The monoisotopic (exact) mass is 255 g/mol. The molecule has 0 spiro atoms. The number of aliphatic hydroxyl groups is 1. The van der Waals surface area contributed by atoms with E-state index < -0.39 is 6.10 Å². The highest BCUT2D eigenvalue weighted by Crippen LogP contribution is 2.40. The first kappa shape index (κ1) is 12.7. The van der Waals surface area contributed by atoms with Crippen LogP contribution in [0, 0.1) is 0 Å². The number of methoxy groups -OCH3 is 1. The molecule has 0 saturated carbocycles. The molecule has 17 heavy (non-hydrogen) atoms. The fourth-order valence-corrected chi connectivity index (χ4v) is 2.85. The Labute approximate surface area is 107 Å². The highest BCUT2D eigenvalue weighted by atomic mass is 35.5. The second-order valence-electron chi connectivity index (χ2n) is 4.38. The van der Waals surface area contributed by atoms with Gasteiger partial charge in [0.1, 0.15) is 5.75 Å². The van der Waals surface area contributed by atoms with Crippen LogP contribution in [0.1, 0.15) is 29.2 Å². The zero-order chi connectivity index (χ0) is 12.4. The predicted octanol–water partition coefficient (Wildman–Crippen LogP) is 2.09. The van der Waals surface area contributed by atoms with E-state index in [0.29, 0.717) is 17.3 Å². The molecule has 1 aliphatic carbocycles. The third-order valence-corrected chi connectivity index (χ3v) is 3.68. The summed E-state index contributed by atoms with van der Waals surface area (Å²) in [7, 11) is 3.41. The van der Waals surface area contributed by atoms with Gasteiger partial charge in [0.15, 0.2) is 0 Å². The van der Waals surface area contributed by atoms with Crippen LogP contribution in [0.4, 0.5) is 0 Å². The van der Waals surface area contributed by atoms with Crippen molar-refractivity contribution in [3.63, 3.8) is 0 Å². The molecule has 1 atom stereocenters. The van der Waals surface area contributed by atoms with Crippen LogP contribution in [0.15, 0.2) is 6.07 Å². The lowest BCUT2D eigenvalue weighted by molar-refractivity contribution is 0.173. The molecule has 2 rings (SSSR count). The Morgan fingerprint density at radius 2 is 2.29 bits per heavy atom. The van der Waals surface area contributed by atoms with E-state index >= 15 is 0 Å². The van der Waals surface area contributed by atoms with Gasteiger partial charge in [0.2, 0.25) is 0 Å². The maximum Gasteiger partial charge on any atom is 0.143 e. The summed E-state index contributed by atoms with van der Waals surface area (Å²) in [6, 6.07) is 2.04. The van der Waals surface area contributed by atoms with Gasteiger partial charge in [-0.3, -0.25) is 0 Å². The predicted molar refractivity (Wildman–Crippen MR) is 68.9 cm³/mol. The van der Waals surface area contributed by atoms with Crippen molar-refractivity contribution >= 4 is 11.6 Å². The molecular weight excluding hydrogens is 238 g/mol. The quantitative estimate of drug-likeness (QED) is 0.866. The standard InChI is InChI=1S/C13H18ClNO2/c1-15-7-11(16)10-6-8-4-3-5-9(8)12(14)13(10)17-2/h6,11,15-16H,3-5,7H2,1-2H3. The number of hydrogen-bond donors (Lipinski definition) is 2. The van der Waals surface area contributed by atoms with E-state index in [9.17, 15) is 5.11 Å². The van der Waals surface area contributed by atoms with Crippen LogP contribution in [-0.4, -0.2) is 25.8 Å². The summed E-state index contributed by atoms with van der Waals surface area (Å²) in [5.41, 5.74) is 3.22. The molecule has 0 amide bonds. The summed E-state index contributed by atoms with van der Waals surface area (Å²) in [6.07, 6.45) is 2.59. The molecule has 0 radical (unpaired) electrons. The molecular formula is C13H18ClNO2. The zero-order valence-corrected chi connectivity index (χ0v) is 11.0. The van der Waals surface area contributed by atoms with Gasteiger partial charge in [-0.05, 0) is 43.5 Å². The summed E-state index contributed by atoms with van der Waals surface area (Å²) < 4.78 is 5.35. The fourth-order valence-electron chi connectivity index (χ4n) is 2.45. The van der Waals surface area contributed by atoms with Gasteiger partial charge in [-0.15, -0.1) is 0 Å². The minimum Gasteiger partial charge on any atom is -0.495 e. The van der Waals surface area contributed by atoms with Gasteiger partial charge in [-0.2, -0.15) is 0 Å². The second kappa shape index (κ2) is 5.25. The van der Waals surface area contributed by atoms with Crippen molar-refractivity contribution in [3.05, 3.63) is 27.8 Å². The zero-order valence-electron chi connectivity index (χ0n) is 10.2. The number of rotatable bonds is 4. The minimum atomic E-state index is -0.585. The molecule has 0 aromatic heterocycles. The first-order valence-electron chi connectivity index (χ1n) is 5.89. The van der Waals surface area contributed by atoms with Crippen molar-refractivity contribution < 1.29 is 9.84 Å². The summed E-state index contributed by atoms with van der Waals surface area (Å²) in [5, 5.41) is 13.7. The van der Waals surface area contributed by atoms with E-state index in [2.05, 4.69) is 5.32 Å². The second-order valence-corrected chi connectivity index (χ2v) is 4.76. The van der Waals surface area contributed by atoms with Gasteiger partial charge in [0.25, 0.3) is 0 Å². The van der Waals surface area contributed by atoms with E-state index in [1.165, 1.54) is 11.1 Å². The number of aliphatic hydroxyl groups excluding tert-OH is 1. The highest BCUT2D eigenvalue weighted by molar-refractivity contribution is 6.33. The minimum absolute atomic E-state index is 0.492. The SMILES string of the molecule is CNCC(O)c1cc2c(c(Cl)c1OC)CCC2. The van der Waals surface area contributed by atoms with Crippen LogP contribution in [0.3, 0.4) is 0 Å². The lowest BCUT2D eigenvalue weighted by Gasteiger charge is -2.18. The Balaban J connectivity index is 2.47. The van der Waals surface area contributed by atoms with Gasteiger partial charge in [-0.1, -0.05) is 11.6 Å². The van der Waals surface area contributed by atoms with Crippen molar-refractivity contribution in [2.75, 3.05) is 20.7 Å². The van der Waals surface area contributed by atoms with Gasteiger partial charge < -0.3 is 15.2 Å². The molecule has 1 unspecified atom stereocenters. The molecule has 94 valence electrons. The van der Waals surface area contributed by atoms with Crippen LogP contribution in [0.25, 0.3) is 0 Å². The molecule has 1 aromatic carbocycles. The Hall–Kier alpha value is -0.770. The highest BCUT2D eigenvalue weighted by Gasteiger charge is 2.23.